The molecule has 142 valence electrons. The molecular weight excluding hydrogens is 340 g/mol. The molecule has 2 atom stereocenters. The van der Waals surface area contributed by atoms with Crippen molar-refractivity contribution >= 4 is 23.3 Å². The summed E-state index contributed by atoms with van der Waals surface area (Å²) in [4.78, 5) is 24.6. The smallest absolute Gasteiger partial charge is 0.340 e. The van der Waals surface area contributed by atoms with E-state index in [-0.39, 0.29) is 18.6 Å². The largest absolute Gasteiger partial charge is 0.452 e. The Balaban J connectivity index is 1.57. The molecule has 2 aromatic carbocycles. The molecule has 5 heteroatoms. The highest BCUT2D eigenvalue weighted by atomic mass is 16.5. The van der Waals surface area contributed by atoms with Crippen LogP contribution >= 0.6 is 0 Å². The molecule has 0 saturated heterocycles. The first-order chi connectivity index (χ1) is 13.1. The summed E-state index contributed by atoms with van der Waals surface area (Å²) in [5, 5.41) is 6.21. The minimum atomic E-state index is -0.513. The lowest BCUT2D eigenvalue weighted by atomic mass is 9.86. The molecule has 0 bridgehead atoms. The van der Waals surface area contributed by atoms with Crippen LogP contribution in [0.25, 0.3) is 0 Å². The van der Waals surface area contributed by atoms with Gasteiger partial charge in [0.25, 0.3) is 5.91 Å². The van der Waals surface area contributed by atoms with E-state index in [0.29, 0.717) is 17.2 Å². The number of para-hydroxylation sites is 2. The highest BCUT2D eigenvalue weighted by molar-refractivity contribution is 5.97. The summed E-state index contributed by atoms with van der Waals surface area (Å²) in [6.07, 6.45) is 4.47. The standard InChI is InChI=1S/C22H26N2O3/c1-16-9-5-7-13-19(16)24-21(25)15-27-22(26)18-12-6-8-14-20(18)23-17-10-3-2-4-11-17/h2-4,6,8,10-12,14,16,19,23H,5,7,9,13,15H2,1H3,(H,24,25)/t16-,19+/m0/s1. The molecule has 3 rings (SSSR count). The molecule has 1 amide bonds. The normalized spacial score (nSPS) is 19.1. The average Bonchev–Trinajstić information content (AvgIpc) is 2.69. The molecule has 0 aromatic heterocycles. The molecule has 1 saturated carbocycles. The summed E-state index contributed by atoms with van der Waals surface area (Å²) in [6.45, 7) is 1.89. The van der Waals surface area contributed by atoms with Gasteiger partial charge in [0.15, 0.2) is 6.61 Å². The third kappa shape index (κ3) is 5.33. The number of carbonyl (C=O) groups is 2. The Morgan fingerprint density at radius 2 is 1.70 bits per heavy atom. The van der Waals surface area contributed by atoms with E-state index in [1.807, 2.05) is 42.5 Å². The van der Waals surface area contributed by atoms with Crippen molar-refractivity contribution in [3.63, 3.8) is 0 Å². The molecule has 0 radical (unpaired) electrons. The van der Waals surface area contributed by atoms with Crippen molar-refractivity contribution in [1.82, 2.24) is 5.32 Å². The first-order valence-electron chi connectivity index (χ1n) is 9.51. The SMILES string of the molecule is C[C@H]1CCCC[C@H]1NC(=O)COC(=O)c1ccccc1Nc1ccccc1. The van der Waals surface area contributed by atoms with Crippen molar-refractivity contribution in [2.24, 2.45) is 5.92 Å². The highest BCUT2D eigenvalue weighted by Crippen LogP contribution is 2.24. The summed E-state index contributed by atoms with van der Waals surface area (Å²) in [6, 6.07) is 16.9. The fourth-order valence-corrected chi connectivity index (χ4v) is 3.44. The summed E-state index contributed by atoms with van der Waals surface area (Å²) >= 11 is 0. The summed E-state index contributed by atoms with van der Waals surface area (Å²) in [7, 11) is 0. The molecule has 1 fully saturated rings. The average molecular weight is 366 g/mol. The van der Waals surface area contributed by atoms with Crippen LogP contribution in [-0.4, -0.2) is 24.5 Å². The number of hydrogen-bond acceptors (Lipinski definition) is 4. The van der Waals surface area contributed by atoms with Gasteiger partial charge in [0, 0.05) is 11.7 Å². The van der Waals surface area contributed by atoms with Gasteiger partial charge in [-0.25, -0.2) is 4.79 Å². The molecule has 2 N–H and O–H groups in total. The van der Waals surface area contributed by atoms with Gasteiger partial charge in [0.2, 0.25) is 0 Å². The zero-order valence-electron chi connectivity index (χ0n) is 15.6. The Morgan fingerprint density at radius 1 is 1.00 bits per heavy atom. The van der Waals surface area contributed by atoms with Crippen LogP contribution in [0.5, 0.6) is 0 Å². The molecule has 1 aliphatic carbocycles. The van der Waals surface area contributed by atoms with E-state index in [2.05, 4.69) is 17.6 Å². The Bertz CT molecular complexity index is 776. The van der Waals surface area contributed by atoms with Crippen molar-refractivity contribution in [3.05, 3.63) is 60.2 Å². The zero-order valence-corrected chi connectivity index (χ0v) is 15.6. The van der Waals surface area contributed by atoms with Crippen LogP contribution in [0.1, 0.15) is 43.0 Å². The van der Waals surface area contributed by atoms with E-state index >= 15 is 0 Å². The van der Waals surface area contributed by atoms with Crippen molar-refractivity contribution in [3.8, 4) is 0 Å². The number of nitrogens with one attached hydrogen (secondary N) is 2. The van der Waals surface area contributed by atoms with Gasteiger partial charge in [-0.15, -0.1) is 0 Å². The Morgan fingerprint density at radius 3 is 2.48 bits per heavy atom. The lowest BCUT2D eigenvalue weighted by Gasteiger charge is -2.29. The predicted molar refractivity (Wildman–Crippen MR) is 106 cm³/mol. The van der Waals surface area contributed by atoms with Gasteiger partial charge in [-0.2, -0.15) is 0 Å². The Labute approximate surface area is 160 Å². The molecule has 0 aliphatic heterocycles. The van der Waals surface area contributed by atoms with Gasteiger partial charge in [0.05, 0.1) is 11.3 Å². The summed E-state index contributed by atoms with van der Waals surface area (Å²) in [5.41, 5.74) is 1.93. The van der Waals surface area contributed by atoms with Crippen molar-refractivity contribution in [1.29, 1.82) is 0 Å². The zero-order chi connectivity index (χ0) is 19.1. The van der Waals surface area contributed by atoms with E-state index in [4.69, 9.17) is 4.74 Å². The molecule has 0 unspecified atom stereocenters. The highest BCUT2D eigenvalue weighted by Gasteiger charge is 2.23. The van der Waals surface area contributed by atoms with Crippen molar-refractivity contribution in [2.45, 2.75) is 38.6 Å². The first-order valence-corrected chi connectivity index (χ1v) is 9.51. The molecule has 5 nitrogen and oxygen atoms in total. The summed E-state index contributed by atoms with van der Waals surface area (Å²) in [5.74, 6) is -0.286. The number of rotatable bonds is 6. The van der Waals surface area contributed by atoms with Crippen LogP contribution in [0.15, 0.2) is 54.6 Å². The quantitative estimate of drug-likeness (QED) is 0.749. The van der Waals surface area contributed by atoms with Crippen LogP contribution in [0.4, 0.5) is 11.4 Å². The van der Waals surface area contributed by atoms with Gasteiger partial charge in [-0.1, -0.05) is 50.1 Å². The number of esters is 1. The fraction of sp³-hybridized carbons (Fsp3) is 0.364. The maximum absolute atomic E-state index is 12.5. The van der Waals surface area contributed by atoms with Crippen LogP contribution in [-0.2, 0) is 9.53 Å². The Hall–Kier alpha value is -2.82. The van der Waals surface area contributed by atoms with Crippen LogP contribution in [0.2, 0.25) is 0 Å². The fourth-order valence-electron chi connectivity index (χ4n) is 3.44. The van der Waals surface area contributed by atoms with E-state index in [0.717, 1.165) is 24.9 Å². The maximum atomic E-state index is 12.5. The van der Waals surface area contributed by atoms with E-state index in [1.54, 1.807) is 12.1 Å². The third-order valence-electron chi connectivity index (χ3n) is 4.99. The molecule has 27 heavy (non-hydrogen) atoms. The lowest BCUT2D eigenvalue weighted by Crippen LogP contribution is -2.42. The minimum Gasteiger partial charge on any atom is -0.452 e. The van der Waals surface area contributed by atoms with E-state index < -0.39 is 5.97 Å². The monoisotopic (exact) mass is 366 g/mol. The number of amides is 1. The second-order valence-corrected chi connectivity index (χ2v) is 7.05. The van der Waals surface area contributed by atoms with Crippen molar-refractivity contribution in [2.75, 3.05) is 11.9 Å². The lowest BCUT2D eigenvalue weighted by molar-refractivity contribution is -0.125. The minimum absolute atomic E-state index is 0.178. The molecule has 0 spiro atoms. The number of anilines is 2. The number of carbonyl (C=O) groups excluding carboxylic acids is 2. The van der Waals surface area contributed by atoms with Gasteiger partial charge in [-0.3, -0.25) is 4.79 Å². The van der Waals surface area contributed by atoms with E-state index in [1.165, 1.54) is 6.42 Å². The second-order valence-electron chi connectivity index (χ2n) is 7.05. The molecule has 1 aliphatic rings. The van der Waals surface area contributed by atoms with Gasteiger partial charge < -0.3 is 15.4 Å². The molecule has 2 aromatic rings. The molecular formula is C22H26N2O3. The number of hydrogen-bond donors (Lipinski definition) is 2. The van der Waals surface area contributed by atoms with Crippen LogP contribution in [0.3, 0.4) is 0 Å². The maximum Gasteiger partial charge on any atom is 0.340 e. The first kappa shape index (κ1) is 19.0. The van der Waals surface area contributed by atoms with Crippen molar-refractivity contribution < 1.29 is 14.3 Å². The van der Waals surface area contributed by atoms with E-state index in [9.17, 15) is 9.59 Å². The van der Waals surface area contributed by atoms with Gasteiger partial charge in [-0.05, 0) is 43.0 Å². The van der Waals surface area contributed by atoms with Gasteiger partial charge in [0.1, 0.15) is 0 Å². The predicted octanol–water partition coefficient (Wildman–Crippen LogP) is 4.28. The Kier molecular flexibility index (Phi) is 6.47. The second kappa shape index (κ2) is 9.21. The summed E-state index contributed by atoms with van der Waals surface area (Å²) < 4.78 is 5.25. The topological polar surface area (TPSA) is 67.4 Å². The van der Waals surface area contributed by atoms with Crippen LogP contribution < -0.4 is 10.6 Å². The van der Waals surface area contributed by atoms with Gasteiger partial charge >= 0.3 is 5.97 Å². The number of benzene rings is 2. The number of ether oxygens (including phenoxy) is 1. The van der Waals surface area contributed by atoms with Crippen LogP contribution in [0, 0.1) is 5.92 Å². The molecule has 0 heterocycles. The third-order valence-corrected chi connectivity index (χ3v) is 4.99.